The van der Waals surface area contributed by atoms with Gasteiger partial charge in [0.15, 0.2) is 0 Å². The van der Waals surface area contributed by atoms with Crippen LogP contribution >= 0.6 is 24.9 Å². The first-order valence-electron chi connectivity index (χ1n) is 2.90. The van der Waals surface area contributed by atoms with Crippen molar-refractivity contribution in [2.45, 2.75) is 19.1 Å². The van der Waals surface area contributed by atoms with Gasteiger partial charge in [-0.1, -0.05) is 25.2 Å². The number of hydrogen-bond donors (Lipinski definition) is 3. The van der Waals surface area contributed by atoms with Gasteiger partial charge in [-0.2, -0.15) is 0 Å². The molecule has 74 valence electrons. The van der Waals surface area contributed by atoms with Gasteiger partial charge in [-0.25, -0.2) is 8.88 Å². The molecule has 0 saturated carbocycles. The van der Waals surface area contributed by atoms with Gasteiger partial charge in [-0.15, -0.1) is 0 Å². The zero-order chi connectivity index (χ0) is 9.99. The SMILES string of the molecule is CC(C)SP(O)(=S)OP(=O)(O)O. The molecule has 0 amide bonds. The molecule has 0 aromatic rings. The first-order valence-corrected chi connectivity index (χ1v) is 8.59. The maximum atomic E-state index is 10.3. The molecule has 1 atom stereocenters. The quantitative estimate of drug-likeness (QED) is 0.653. The van der Waals surface area contributed by atoms with Crippen LogP contribution in [-0.2, 0) is 20.7 Å². The van der Waals surface area contributed by atoms with Gasteiger partial charge in [0.2, 0.25) is 0 Å². The summed E-state index contributed by atoms with van der Waals surface area (Å²) in [5, 5.41) is -0.0348. The van der Waals surface area contributed by atoms with E-state index < -0.39 is 13.5 Å². The Labute approximate surface area is 79.7 Å². The second-order valence-electron chi connectivity index (χ2n) is 2.19. The van der Waals surface area contributed by atoms with Gasteiger partial charge < -0.3 is 14.7 Å². The highest BCUT2D eigenvalue weighted by molar-refractivity contribution is 8.68. The standard InChI is InChI=1S/C3H10O5P2S2/c1-3(2)12-10(7,11)8-9(4,5)6/h3H,1-2H3,(H,7,11)(H2,4,5,6). The summed E-state index contributed by atoms with van der Waals surface area (Å²) >= 11 is 5.33. The highest BCUT2D eigenvalue weighted by atomic mass is 32.9. The van der Waals surface area contributed by atoms with Crippen LogP contribution in [0.5, 0.6) is 0 Å². The molecule has 3 N–H and O–H groups in total. The van der Waals surface area contributed by atoms with Crippen molar-refractivity contribution >= 4 is 36.7 Å². The molecule has 0 saturated heterocycles. The summed E-state index contributed by atoms with van der Waals surface area (Å²) < 4.78 is 14.3. The summed E-state index contributed by atoms with van der Waals surface area (Å²) in [4.78, 5) is 25.9. The lowest BCUT2D eigenvalue weighted by atomic mass is 10.6. The zero-order valence-electron chi connectivity index (χ0n) is 6.45. The number of rotatable bonds is 4. The Hall–Kier alpha value is 1.07. The van der Waals surface area contributed by atoms with E-state index in [1.165, 1.54) is 0 Å². The maximum absolute atomic E-state index is 10.3. The molecular formula is C3H10O5P2S2. The van der Waals surface area contributed by atoms with E-state index >= 15 is 0 Å². The first kappa shape index (κ1) is 13.1. The van der Waals surface area contributed by atoms with Crippen molar-refractivity contribution < 1.29 is 23.6 Å². The molecule has 0 heterocycles. The predicted octanol–water partition coefficient (Wildman–Crippen LogP) is 1.45. The minimum Gasteiger partial charge on any atom is -0.337 e. The molecule has 0 rings (SSSR count). The molecule has 0 aliphatic heterocycles. The molecule has 9 heteroatoms. The monoisotopic (exact) mass is 252 g/mol. The van der Waals surface area contributed by atoms with Crippen molar-refractivity contribution in [1.29, 1.82) is 0 Å². The van der Waals surface area contributed by atoms with Crippen LogP contribution in [0.2, 0.25) is 0 Å². The Bertz CT molecular complexity index is 235. The largest absolute Gasteiger partial charge is 0.475 e. The summed E-state index contributed by atoms with van der Waals surface area (Å²) in [6.45, 7) is 3.48. The van der Waals surface area contributed by atoms with Gasteiger partial charge >= 0.3 is 7.82 Å². The Morgan fingerprint density at radius 3 is 2.08 bits per heavy atom. The van der Waals surface area contributed by atoms with Crippen LogP contribution in [-0.4, -0.2) is 19.9 Å². The summed E-state index contributed by atoms with van der Waals surface area (Å²) in [7, 11) is -4.67. The normalized spacial score (nSPS) is 17.8. The van der Waals surface area contributed by atoms with Gasteiger partial charge in [0.05, 0.1) is 0 Å². The third kappa shape index (κ3) is 7.71. The minimum absolute atomic E-state index is 0.0348. The van der Waals surface area contributed by atoms with Crippen molar-refractivity contribution in [3.8, 4) is 0 Å². The van der Waals surface area contributed by atoms with E-state index in [-0.39, 0.29) is 5.25 Å². The van der Waals surface area contributed by atoms with E-state index in [2.05, 4.69) is 16.1 Å². The van der Waals surface area contributed by atoms with E-state index in [4.69, 9.17) is 9.79 Å². The van der Waals surface area contributed by atoms with Crippen LogP contribution in [0.1, 0.15) is 13.8 Å². The fraction of sp³-hybridized carbons (Fsp3) is 1.00. The molecule has 1 unspecified atom stereocenters. The third-order valence-electron chi connectivity index (χ3n) is 0.554. The average Bonchev–Trinajstić information content (AvgIpc) is 1.48. The Kier molecular flexibility index (Phi) is 4.93. The lowest BCUT2D eigenvalue weighted by Crippen LogP contribution is -1.89. The highest BCUT2D eigenvalue weighted by Gasteiger charge is 2.27. The Balaban J connectivity index is 4.25. The van der Waals surface area contributed by atoms with E-state index in [1.807, 2.05) is 0 Å². The maximum Gasteiger partial charge on any atom is 0.475 e. The minimum atomic E-state index is -4.67. The van der Waals surface area contributed by atoms with Crippen molar-refractivity contribution in [1.82, 2.24) is 0 Å². The molecule has 0 aliphatic rings. The van der Waals surface area contributed by atoms with Crippen LogP contribution in [0.15, 0.2) is 0 Å². The smallest absolute Gasteiger partial charge is 0.337 e. The molecular weight excluding hydrogens is 242 g/mol. The molecule has 0 bridgehead atoms. The summed E-state index contributed by atoms with van der Waals surface area (Å²) in [6.07, 6.45) is 0. The molecule has 12 heavy (non-hydrogen) atoms. The zero-order valence-corrected chi connectivity index (χ0v) is 9.87. The Morgan fingerprint density at radius 1 is 1.42 bits per heavy atom. The fourth-order valence-corrected chi connectivity index (χ4v) is 7.24. The number of hydrogen-bond acceptors (Lipinski definition) is 4. The van der Waals surface area contributed by atoms with E-state index in [0.717, 1.165) is 11.4 Å². The van der Waals surface area contributed by atoms with Gasteiger partial charge in [0, 0.05) is 5.25 Å². The predicted molar refractivity (Wildman–Crippen MR) is 52.4 cm³/mol. The van der Waals surface area contributed by atoms with Crippen molar-refractivity contribution in [2.75, 3.05) is 0 Å². The summed E-state index contributed by atoms with van der Waals surface area (Å²) in [5.74, 6) is 0. The van der Waals surface area contributed by atoms with Crippen molar-refractivity contribution in [3.63, 3.8) is 0 Å². The lowest BCUT2D eigenvalue weighted by Gasteiger charge is -2.16. The van der Waals surface area contributed by atoms with Crippen LogP contribution in [0.3, 0.4) is 0 Å². The second kappa shape index (κ2) is 4.53. The van der Waals surface area contributed by atoms with Crippen molar-refractivity contribution in [3.05, 3.63) is 0 Å². The van der Waals surface area contributed by atoms with Gasteiger partial charge in [0.25, 0.3) is 5.69 Å². The summed E-state index contributed by atoms with van der Waals surface area (Å²) in [5.41, 5.74) is -3.38. The molecule has 0 aliphatic carbocycles. The molecule has 5 nitrogen and oxygen atoms in total. The highest BCUT2D eigenvalue weighted by Crippen LogP contribution is 2.66. The van der Waals surface area contributed by atoms with Crippen molar-refractivity contribution in [2.24, 2.45) is 0 Å². The van der Waals surface area contributed by atoms with E-state index in [0.29, 0.717) is 0 Å². The topological polar surface area (TPSA) is 87.0 Å². The van der Waals surface area contributed by atoms with Crippen LogP contribution in [0, 0.1) is 0 Å². The van der Waals surface area contributed by atoms with Crippen LogP contribution in [0.25, 0.3) is 0 Å². The van der Waals surface area contributed by atoms with E-state index in [9.17, 15) is 9.46 Å². The molecule has 0 radical (unpaired) electrons. The fourth-order valence-electron chi connectivity index (χ4n) is 0.420. The Morgan fingerprint density at radius 2 is 1.83 bits per heavy atom. The van der Waals surface area contributed by atoms with Gasteiger partial charge in [0.1, 0.15) is 0 Å². The lowest BCUT2D eigenvalue weighted by molar-refractivity contribution is 0.285. The molecule has 0 aromatic heterocycles. The number of phosphoric acid groups is 1. The van der Waals surface area contributed by atoms with Gasteiger partial charge in [-0.05, 0) is 11.8 Å². The summed E-state index contributed by atoms with van der Waals surface area (Å²) in [6, 6.07) is 0. The molecule has 0 spiro atoms. The first-order chi connectivity index (χ1) is 5.12. The van der Waals surface area contributed by atoms with Gasteiger partial charge in [-0.3, -0.25) is 0 Å². The van der Waals surface area contributed by atoms with Crippen LogP contribution < -0.4 is 0 Å². The average molecular weight is 252 g/mol. The molecule has 0 aromatic carbocycles. The van der Waals surface area contributed by atoms with Crippen LogP contribution in [0.4, 0.5) is 0 Å². The second-order valence-corrected chi connectivity index (χ2v) is 10.2. The van der Waals surface area contributed by atoms with E-state index in [1.54, 1.807) is 13.8 Å². The third-order valence-corrected chi connectivity index (χ3v) is 6.96. The molecule has 0 fully saturated rings.